The van der Waals surface area contributed by atoms with Crippen LogP contribution in [-0.4, -0.2) is 11.2 Å². The number of hydrogen-bond donors (Lipinski definition) is 1. The Balaban J connectivity index is 1.48. The second kappa shape index (κ2) is 7.99. The fourth-order valence-corrected chi connectivity index (χ4v) is 9.31. The number of rotatable bonds is 5. The second-order valence-corrected chi connectivity index (χ2v) is 12.7. The van der Waals surface area contributed by atoms with Gasteiger partial charge in [0.1, 0.15) is 0 Å². The van der Waals surface area contributed by atoms with Gasteiger partial charge in [0.2, 0.25) is 0 Å². The molecule has 0 aromatic heterocycles. The van der Waals surface area contributed by atoms with E-state index in [1.54, 1.807) is 0 Å². The topological polar surface area (TPSA) is 20.2 Å². The Morgan fingerprint density at radius 1 is 0.897 bits per heavy atom. The minimum atomic E-state index is -0.235. The van der Waals surface area contributed by atoms with E-state index in [9.17, 15) is 5.11 Å². The van der Waals surface area contributed by atoms with E-state index in [0.717, 1.165) is 41.9 Å². The van der Waals surface area contributed by atoms with Crippen LogP contribution in [0.5, 0.6) is 0 Å². The Morgan fingerprint density at radius 2 is 1.59 bits per heavy atom. The van der Waals surface area contributed by atoms with Gasteiger partial charge in [0.25, 0.3) is 0 Å². The largest absolute Gasteiger partial charge is 0.389 e. The molecule has 4 fully saturated rings. The van der Waals surface area contributed by atoms with Crippen LogP contribution in [0.25, 0.3) is 0 Å². The van der Waals surface area contributed by atoms with Crippen molar-refractivity contribution < 1.29 is 5.11 Å². The molecule has 0 aliphatic heterocycles. The quantitative estimate of drug-likeness (QED) is 0.470. The van der Waals surface area contributed by atoms with Gasteiger partial charge < -0.3 is 5.11 Å². The van der Waals surface area contributed by atoms with Crippen molar-refractivity contribution in [1.29, 1.82) is 0 Å². The zero-order valence-corrected chi connectivity index (χ0v) is 20.1. The maximum absolute atomic E-state index is 10.4. The number of aliphatic hydroxyl groups excluding tert-OH is 1. The van der Waals surface area contributed by atoms with Gasteiger partial charge in [-0.25, -0.2) is 0 Å². The molecule has 1 heteroatoms. The third-order valence-electron chi connectivity index (χ3n) is 10.9. The third-order valence-corrected chi connectivity index (χ3v) is 10.9. The summed E-state index contributed by atoms with van der Waals surface area (Å²) in [6.07, 6.45) is 14.7. The maximum Gasteiger partial charge on any atom is 0.0750 e. The van der Waals surface area contributed by atoms with Crippen molar-refractivity contribution in [3.8, 4) is 0 Å². The van der Waals surface area contributed by atoms with Gasteiger partial charge >= 0.3 is 0 Å². The molecule has 4 rings (SSSR count). The molecular formula is C28H48O. The minimum Gasteiger partial charge on any atom is -0.389 e. The molecule has 0 unspecified atom stereocenters. The highest BCUT2D eigenvalue weighted by Gasteiger charge is 2.61. The van der Waals surface area contributed by atoms with Crippen LogP contribution in [0, 0.1) is 52.3 Å². The summed E-state index contributed by atoms with van der Waals surface area (Å²) in [6, 6.07) is 0. The average molecular weight is 401 g/mol. The van der Waals surface area contributed by atoms with Crippen molar-refractivity contribution in [3.63, 3.8) is 0 Å². The van der Waals surface area contributed by atoms with Crippen molar-refractivity contribution in [1.82, 2.24) is 0 Å². The van der Waals surface area contributed by atoms with Crippen LogP contribution >= 0.6 is 0 Å². The summed E-state index contributed by atoms with van der Waals surface area (Å²) in [4.78, 5) is 0. The van der Waals surface area contributed by atoms with Gasteiger partial charge in [-0.2, -0.15) is 0 Å². The molecular weight excluding hydrogens is 352 g/mol. The lowest BCUT2D eigenvalue weighted by Gasteiger charge is -2.61. The summed E-state index contributed by atoms with van der Waals surface area (Å²) >= 11 is 0. The zero-order valence-electron chi connectivity index (χ0n) is 20.1. The Bertz CT molecular complexity index is 607. The molecule has 0 aromatic rings. The van der Waals surface area contributed by atoms with Crippen LogP contribution in [-0.2, 0) is 0 Å². The molecule has 0 aromatic carbocycles. The van der Waals surface area contributed by atoms with E-state index >= 15 is 0 Å². The first kappa shape index (κ1) is 21.9. The van der Waals surface area contributed by atoms with Crippen molar-refractivity contribution in [2.24, 2.45) is 52.3 Å². The lowest BCUT2D eigenvalue weighted by Crippen LogP contribution is -2.54. The molecule has 1 nitrogen and oxygen atoms in total. The first-order valence-electron chi connectivity index (χ1n) is 13.0. The number of fused-ring (bicyclic) bond motifs is 5. The van der Waals surface area contributed by atoms with Crippen molar-refractivity contribution in [2.45, 2.75) is 111 Å². The minimum absolute atomic E-state index is 0.235. The fraction of sp³-hybridized carbons (Fsp3) is 0.929. The Kier molecular flexibility index (Phi) is 6.04. The molecule has 4 aliphatic carbocycles. The van der Waals surface area contributed by atoms with Crippen LogP contribution in [0.4, 0.5) is 0 Å². The van der Waals surface area contributed by atoms with Gasteiger partial charge in [0.05, 0.1) is 6.10 Å². The van der Waals surface area contributed by atoms with E-state index < -0.39 is 0 Å². The van der Waals surface area contributed by atoms with E-state index in [0.29, 0.717) is 16.7 Å². The molecule has 0 amide bonds. The molecule has 166 valence electrons. The van der Waals surface area contributed by atoms with E-state index in [4.69, 9.17) is 0 Å². The van der Waals surface area contributed by atoms with E-state index in [-0.39, 0.29) is 6.10 Å². The summed E-state index contributed by atoms with van der Waals surface area (Å²) in [5.41, 5.74) is 2.17. The van der Waals surface area contributed by atoms with Crippen LogP contribution in [0.2, 0.25) is 0 Å². The maximum atomic E-state index is 10.4. The highest BCUT2D eigenvalue weighted by atomic mass is 16.3. The monoisotopic (exact) mass is 400 g/mol. The van der Waals surface area contributed by atoms with Crippen molar-refractivity contribution >= 4 is 0 Å². The third kappa shape index (κ3) is 3.56. The van der Waals surface area contributed by atoms with Gasteiger partial charge in [-0.05, 0) is 109 Å². The van der Waals surface area contributed by atoms with E-state index in [1.807, 2.05) is 0 Å². The standard InChI is InChI=1S/C28H48O/c1-18(2)8-7-9-19(3)22-12-13-24-21-10-11-23-20(4)26(29)15-17-28(23,6)25(21)14-16-27(22,24)5/h18-19,21-26,29H,4,7-17H2,1-3,5-6H3/t19-,21+,22-,23+,24+,25+,26+,27-,28+/m1/s1. The molecule has 0 radical (unpaired) electrons. The lowest BCUT2D eigenvalue weighted by molar-refractivity contribution is -0.111. The Hall–Kier alpha value is -0.300. The molecule has 29 heavy (non-hydrogen) atoms. The van der Waals surface area contributed by atoms with Crippen LogP contribution in [0.1, 0.15) is 105 Å². The van der Waals surface area contributed by atoms with Gasteiger partial charge in [-0.1, -0.05) is 60.5 Å². The Morgan fingerprint density at radius 3 is 2.31 bits per heavy atom. The SMILES string of the molecule is C=C1[C@@H](O)CC[C@@]2(C)[C@H]1CC[C@@H]1[C@@H]2CC[C@]2(C)[C@@H]([C@H](C)CCCC(C)C)CC[C@@H]12. The van der Waals surface area contributed by atoms with Crippen molar-refractivity contribution in [2.75, 3.05) is 0 Å². The summed E-state index contributed by atoms with van der Waals surface area (Å²) in [6.45, 7) is 17.0. The average Bonchev–Trinajstić information content (AvgIpc) is 3.02. The zero-order chi connectivity index (χ0) is 21.0. The molecule has 0 saturated heterocycles. The van der Waals surface area contributed by atoms with Gasteiger partial charge in [-0.15, -0.1) is 0 Å². The first-order chi connectivity index (χ1) is 13.7. The predicted molar refractivity (Wildman–Crippen MR) is 124 cm³/mol. The normalized spacial score (nSPS) is 48.2. The molecule has 0 spiro atoms. The molecule has 0 bridgehead atoms. The second-order valence-electron chi connectivity index (χ2n) is 12.7. The van der Waals surface area contributed by atoms with Crippen molar-refractivity contribution in [3.05, 3.63) is 12.2 Å². The molecule has 4 aliphatic rings. The predicted octanol–water partition coefficient (Wildman–Crippen LogP) is 7.63. The summed E-state index contributed by atoms with van der Waals surface area (Å²) in [7, 11) is 0. The Labute approximate surface area is 181 Å². The van der Waals surface area contributed by atoms with Gasteiger partial charge in [0.15, 0.2) is 0 Å². The number of aliphatic hydroxyl groups is 1. The highest BCUT2D eigenvalue weighted by Crippen LogP contribution is 2.68. The van der Waals surface area contributed by atoms with Crippen LogP contribution in [0.15, 0.2) is 12.2 Å². The van der Waals surface area contributed by atoms with Crippen LogP contribution < -0.4 is 0 Å². The summed E-state index contributed by atoms with van der Waals surface area (Å²) in [5.74, 6) is 6.04. The highest BCUT2D eigenvalue weighted by molar-refractivity contribution is 5.20. The van der Waals surface area contributed by atoms with Gasteiger partial charge in [0, 0.05) is 0 Å². The molecule has 9 atom stereocenters. The molecule has 1 N–H and O–H groups in total. The van der Waals surface area contributed by atoms with Crippen LogP contribution in [0.3, 0.4) is 0 Å². The lowest BCUT2D eigenvalue weighted by atomic mass is 9.44. The fourth-order valence-electron chi connectivity index (χ4n) is 9.31. The van der Waals surface area contributed by atoms with E-state index in [1.165, 1.54) is 69.8 Å². The smallest absolute Gasteiger partial charge is 0.0750 e. The summed E-state index contributed by atoms with van der Waals surface area (Å²) in [5, 5.41) is 10.4. The number of hydrogen-bond acceptors (Lipinski definition) is 1. The van der Waals surface area contributed by atoms with Gasteiger partial charge in [-0.3, -0.25) is 0 Å². The molecule has 0 heterocycles. The molecule has 4 saturated carbocycles. The first-order valence-corrected chi connectivity index (χ1v) is 13.0. The van der Waals surface area contributed by atoms with E-state index in [2.05, 4.69) is 41.2 Å². The summed E-state index contributed by atoms with van der Waals surface area (Å²) < 4.78 is 0.